The summed E-state index contributed by atoms with van der Waals surface area (Å²) in [4.78, 5) is 10.7. The van der Waals surface area contributed by atoms with Crippen LogP contribution in [0.4, 0.5) is 0 Å². The molecule has 0 saturated heterocycles. The van der Waals surface area contributed by atoms with Crippen molar-refractivity contribution in [1.29, 1.82) is 0 Å². The Labute approximate surface area is 123 Å². The number of carboxylic acid groups (broad SMARTS) is 1. The van der Waals surface area contributed by atoms with Gasteiger partial charge in [-0.2, -0.15) is 0 Å². The van der Waals surface area contributed by atoms with E-state index in [9.17, 15) is 4.79 Å². The van der Waals surface area contributed by atoms with Crippen LogP contribution in [-0.4, -0.2) is 24.2 Å². The highest BCUT2D eigenvalue weighted by Crippen LogP contribution is 2.06. The van der Waals surface area contributed by atoms with Crippen molar-refractivity contribution < 1.29 is 9.90 Å². The number of benzene rings is 1. The van der Waals surface area contributed by atoms with Crippen molar-refractivity contribution in [2.45, 2.75) is 47.1 Å². The molecule has 0 heterocycles. The average molecular weight is 279 g/mol. The SMILES string of the molecule is CC.CC.CNC(/C=C(\C)C(=O)O)Cc1ccccc1. The number of hydrogen-bond acceptors (Lipinski definition) is 2. The summed E-state index contributed by atoms with van der Waals surface area (Å²) >= 11 is 0. The maximum absolute atomic E-state index is 10.7. The van der Waals surface area contributed by atoms with Gasteiger partial charge in [-0.3, -0.25) is 0 Å². The lowest BCUT2D eigenvalue weighted by atomic mass is 10.0. The van der Waals surface area contributed by atoms with Crippen LogP contribution in [0.2, 0.25) is 0 Å². The van der Waals surface area contributed by atoms with E-state index in [1.54, 1.807) is 13.0 Å². The smallest absolute Gasteiger partial charge is 0.331 e. The molecule has 1 unspecified atom stereocenters. The molecule has 3 heteroatoms. The molecule has 2 N–H and O–H groups in total. The molecule has 0 bridgehead atoms. The highest BCUT2D eigenvalue weighted by molar-refractivity contribution is 5.85. The fraction of sp³-hybridized carbons (Fsp3) is 0.471. The molecule has 0 aliphatic rings. The molecule has 0 spiro atoms. The first kappa shape index (κ1) is 20.7. The Balaban J connectivity index is 0. The third kappa shape index (κ3) is 9.34. The van der Waals surface area contributed by atoms with Gasteiger partial charge in [0.25, 0.3) is 0 Å². The molecule has 1 rings (SSSR count). The number of carbonyl (C=O) groups is 1. The molecule has 114 valence electrons. The first-order chi connectivity index (χ1) is 9.63. The van der Waals surface area contributed by atoms with Gasteiger partial charge in [-0.25, -0.2) is 4.79 Å². The van der Waals surface area contributed by atoms with Gasteiger partial charge in [-0.05, 0) is 26.0 Å². The highest BCUT2D eigenvalue weighted by Gasteiger charge is 2.07. The predicted molar refractivity (Wildman–Crippen MR) is 87.1 cm³/mol. The number of aliphatic carboxylic acids is 1. The second-order valence-electron chi connectivity index (χ2n) is 3.74. The Bertz CT molecular complexity index is 372. The van der Waals surface area contributed by atoms with E-state index >= 15 is 0 Å². The summed E-state index contributed by atoms with van der Waals surface area (Å²) < 4.78 is 0. The largest absolute Gasteiger partial charge is 0.478 e. The van der Waals surface area contributed by atoms with E-state index in [-0.39, 0.29) is 6.04 Å². The number of likely N-dealkylation sites (N-methyl/N-ethyl adjacent to an activating group) is 1. The lowest BCUT2D eigenvalue weighted by Gasteiger charge is -2.12. The molecular formula is C17H29NO2. The fourth-order valence-electron chi connectivity index (χ4n) is 1.49. The molecule has 0 aliphatic heterocycles. The van der Waals surface area contributed by atoms with Crippen LogP contribution in [0.3, 0.4) is 0 Å². The minimum atomic E-state index is -0.867. The van der Waals surface area contributed by atoms with E-state index in [0.717, 1.165) is 6.42 Å². The van der Waals surface area contributed by atoms with Gasteiger partial charge >= 0.3 is 5.97 Å². The van der Waals surface area contributed by atoms with Gasteiger partial charge in [-0.15, -0.1) is 0 Å². The molecule has 1 atom stereocenters. The van der Waals surface area contributed by atoms with Crippen LogP contribution in [0.15, 0.2) is 42.0 Å². The van der Waals surface area contributed by atoms with Gasteiger partial charge < -0.3 is 10.4 Å². The number of carboxylic acids is 1. The first-order valence-electron chi connectivity index (χ1n) is 7.26. The van der Waals surface area contributed by atoms with Crippen molar-refractivity contribution in [2.75, 3.05) is 7.05 Å². The molecule has 0 amide bonds. The van der Waals surface area contributed by atoms with Crippen LogP contribution in [-0.2, 0) is 11.2 Å². The minimum Gasteiger partial charge on any atom is -0.478 e. The second kappa shape index (κ2) is 13.8. The van der Waals surface area contributed by atoms with Crippen LogP contribution in [0, 0.1) is 0 Å². The van der Waals surface area contributed by atoms with E-state index in [4.69, 9.17) is 5.11 Å². The molecule has 1 aromatic rings. The van der Waals surface area contributed by atoms with Gasteiger partial charge in [-0.1, -0.05) is 64.1 Å². The predicted octanol–water partition coefficient (Wildman–Crippen LogP) is 3.90. The molecule has 3 nitrogen and oxygen atoms in total. The molecule has 20 heavy (non-hydrogen) atoms. The van der Waals surface area contributed by atoms with Crippen LogP contribution < -0.4 is 5.32 Å². The van der Waals surface area contributed by atoms with Gasteiger partial charge in [0.05, 0.1) is 0 Å². The Morgan fingerprint density at radius 2 is 1.70 bits per heavy atom. The van der Waals surface area contributed by atoms with Gasteiger partial charge in [0.1, 0.15) is 0 Å². The zero-order valence-electron chi connectivity index (χ0n) is 13.6. The lowest BCUT2D eigenvalue weighted by Crippen LogP contribution is -2.26. The lowest BCUT2D eigenvalue weighted by molar-refractivity contribution is -0.132. The van der Waals surface area contributed by atoms with Crippen molar-refractivity contribution in [3.63, 3.8) is 0 Å². The Morgan fingerprint density at radius 3 is 2.10 bits per heavy atom. The van der Waals surface area contributed by atoms with Crippen molar-refractivity contribution >= 4 is 5.97 Å². The number of rotatable bonds is 5. The molecule has 0 radical (unpaired) electrons. The van der Waals surface area contributed by atoms with E-state index in [0.29, 0.717) is 5.57 Å². The maximum Gasteiger partial charge on any atom is 0.331 e. The molecule has 0 aliphatic carbocycles. The molecule has 0 aromatic heterocycles. The maximum atomic E-state index is 10.7. The van der Waals surface area contributed by atoms with E-state index in [2.05, 4.69) is 5.32 Å². The van der Waals surface area contributed by atoms with Crippen molar-refractivity contribution in [3.05, 3.63) is 47.5 Å². The van der Waals surface area contributed by atoms with Crippen LogP contribution >= 0.6 is 0 Å². The highest BCUT2D eigenvalue weighted by atomic mass is 16.4. The Hall–Kier alpha value is -1.61. The Morgan fingerprint density at radius 1 is 1.20 bits per heavy atom. The topological polar surface area (TPSA) is 49.3 Å². The summed E-state index contributed by atoms with van der Waals surface area (Å²) in [6.07, 6.45) is 2.54. The van der Waals surface area contributed by atoms with Crippen molar-refractivity contribution in [2.24, 2.45) is 0 Å². The van der Waals surface area contributed by atoms with E-state index < -0.39 is 5.97 Å². The quantitative estimate of drug-likeness (QED) is 0.804. The summed E-state index contributed by atoms with van der Waals surface area (Å²) in [5.41, 5.74) is 1.56. The monoisotopic (exact) mass is 279 g/mol. The van der Waals surface area contributed by atoms with Gasteiger partial charge in [0, 0.05) is 11.6 Å². The molecule has 0 saturated carbocycles. The van der Waals surface area contributed by atoms with Crippen LogP contribution in [0.1, 0.15) is 40.2 Å². The number of nitrogens with one attached hydrogen (secondary N) is 1. The van der Waals surface area contributed by atoms with Crippen molar-refractivity contribution in [3.8, 4) is 0 Å². The second-order valence-corrected chi connectivity index (χ2v) is 3.74. The summed E-state index contributed by atoms with van der Waals surface area (Å²) in [5, 5.41) is 11.9. The fourth-order valence-corrected chi connectivity index (χ4v) is 1.49. The van der Waals surface area contributed by atoms with Gasteiger partial charge in [0.15, 0.2) is 0 Å². The number of hydrogen-bond donors (Lipinski definition) is 2. The summed E-state index contributed by atoms with van der Waals surface area (Å²) in [6.45, 7) is 9.61. The first-order valence-corrected chi connectivity index (χ1v) is 7.26. The van der Waals surface area contributed by atoms with E-state index in [1.807, 2.05) is 65.1 Å². The minimum absolute atomic E-state index is 0.0542. The third-order valence-electron chi connectivity index (χ3n) is 2.46. The zero-order valence-corrected chi connectivity index (χ0v) is 13.6. The normalized spacial score (nSPS) is 11.4. The zero-order chi connectivity index (χ0) is 16.0. The average Bonchev–Trinajstić information content (AvgIpc) is 2.51. The summed E-state index contributed by atoms with van der Waals surface area (Å²) in [6, 6.07) is 10.1. The van der Waals surface area contributed by atoms with Crippen LogP contribution in [0.5, 0.6) is 0 Å². The van der Waals surface area contributed by atoms with Gasteiger partial charge in [0.2, 0.25) is 0 Å². The van der Waals surface area contributed by atoms with Crippen molar-refractivity contribution in [1.82, 2.24) is 5.32 Å². The van der Waals surface area contributed by atoms with Crippen LogP contribution in [0.25, 0.3) is 0 Å². The molecule has 0 fully saturated rings. The van der Waals surface area contributed by atoms with E-state index in [1.165, 1.54) is 5.56 Å². The Kier molecular flexibility index (Phi) is 14.3. The summed E-state index contributed by atoms with van der Waals surface area (Å²) in [7, 11) is 1.83. The molecular weight excluding hydrogens is 250 g/mol. The molecule has 1 aromatic carbocycles. The summed E-state index contributed by atoms with van der Waals surface area (Å²) in [5.74, 6) is -0.867. The third-order valence-corrected chi connectivity index (χ3v) is 2.46. The standard InChI is InChI=1S/C13H17NO2.2C2H6/c1-10(13(15)16)8-12(14-2)9-11-6-4-3-5-7-11;2*1-2/h3-8,12,14H,9H2,1-2H3,(H,15,16);2*1-2H3/b10-8+;;.